The number of carbonyl (C=O) groups is 1. The zero-order valence-corrected chi connectivity index (χ0v) is 21.8. The predicted molar refractivity (Wildman–Crippen MR) is 146 cm³/mol. The molecule has 2 N–H and O–H groups in total. The highest BCUT2D eigenvalue weighted by molar-refractivity contribution is 6.39. The van der Waals surface area contributed by atoms with Crippen LogP contribution in [0.3, 0.4) is 0 Å². The first-order valence-electron chi connectivity index (χ1n) is 11.8. The van der Waals surface area contributed by atoms with Crippen molar-refractivity contribution in [3.8, 4) is 28.3 Å². The molecular formula is C28H23Cl2FN4O3. The van der Waals surface area contributed by atoms with Gasteiger partial charge < -0.3 is 15.2 Å². The first-order valence-corrected chi connectivity index (χ1v) is 12.5. The molecule has 7 nitrogen and oxygen atoms in total. The third-order valence-electron chi connectivity index (χ3n) is 6.33. The summed E-state index contributed by atoms with van der Waals surface area (Å²) in [6, 6.07) is 15.7. The number of likely N-dealkylation sites (tertiary alicyclic amines) is 1. The van der Waals surface area contributed by atoms with Gasteiger partial charge in [-0.25, -0.2) is 14.4 Å². The normalized spacial score (nSPS) is 13.7. The van der Waals surface area contributed by atoms with Gasteiger partial charge >= 0.3 is 0 Å². The first kappa shape index (κ1) is 26.1. The Morgan fingerprint density at radius 3 is 2.50 bits per heavy atom. The second kappa shape index (κ2) is 11.0. The zero-order valence-electron chi connectivity index (χ0n) is 20.3. The molecule has 2 aromatic carbocycles. The molecule has 0 bridgehead atoms. The summed E-state index contributed by atoms with van der Waals surface area (Å²) in [5.74, 6) is -0.228. The molecule has 2 aromatic heterocycles. The SMILES string of the molecule is COc1nc(-c2cccc(-c3cccc(Nc4nccc(CN5CC(O)C5)c4F)c3Cl)c2Cl)ccc1C=O. The maximum atomic E-state index is 15.2. The Hall–Kier alpha value is -3.56. The van der Waals surface area contributed by atoms with Gasteiger partial charge in [-0.05, 0) is 24.3 Å². The van der Waals surface area contributed by atoms with Crippen molar-refractivity contribution in [3.63, 3.8) is 0 Å². The van der Waals surface area contributed by atoms with Gasteiger partial charge in [0.1, 0.15) is 0 Å². The van der Waals surface area contributed by atoms with Gasteiger partial charge in [0, 0.05) is 48.1 Å². The number of rotatable bonds is 8. The number of aliphatic hydroxyl groups is 1. The van der Waals surface area contributed by atoms with Crippen molar-refractivity contribution in [2.24, 2.45) is 0 Å². The van der Waals surface area contributed by atoms with E-state index in [1.54, 1.807) is 30.3 Å². The number of aromatic nitrogens is 2. The van der Waals surface area contributed by atoms with Crippen LogP contribution in [0.1, 0.15) is 15.9 Å². The van der Waals surface area contributed by atoms with Crippen molar-refractivity contribution in [1.29, 1.82) is 0 Å². The number of hydrogen-bond donors (Lipinski definition) is 2. The third kappa shape index (κ3) is 5.08. The highest BCUT2D eigenvalue weighted by Crippen LogP contribution is 2.42. The van der Waals surface area contributed by atoms with Crippen LogP contribution >= 0.6 is 23.2 Å². The number of anilines is 2. The molecule has 0 radical (unpaired) electrons. The van der Waals surface area contributed by atoms with E-state index < -0.39 is 5.82 Å². The maximum absolute atomic E-state index is 15.2. The fourth-order valence-corrected chi connectivity index (χ4v) is 4.96. The van der Waals surface area contributed by atoms with E-state index in [1.807, 2.05) is 29.2 Å². The van der Waals surface area contributed by atoms with Crippen LogP contribution in [0, 0.1) is 5.82 Å². The minimum absolute atomic E-state index is 0.0500. The maximum Gasteiger partial charge on any atom is 0.224 e. The number of methoxy groups -OCH3 is 1. The van der Waals surface area contributed by atoms with Crippen LogP contribution < -0.4 is 10.1 Å². The Morgan fingerprint density at radius 1 is 1.08 bits per heavy atom. The third-order valence-corrected chi connectivity index (χ3v) is 7.14. The molecule has 38 heavy (non-hydrogen) atoms. The van der Waals surface area contributed by atoms with E-state index in [0.717, 1.165) is 0 Å². The molecule has 0 atom stereocenters. The average molecular weight is 553 g/mol. The molecule has 1 fully saturated rings. The number of halogens is 3. The summed E-state index contributed by atoms with van der Waals surface area (Å²) in [5.41, 5.74) is 3.71. The van der Waals surface area contributed by atoms with Crippen LogP contribution in [0.25, 0.3) is 22.4 Å². The van der Waals surface area contributed by atoms with Gasteiger partial charge in [0.25, 0.3) is 0 Å². The number of β-amino-alcohol motifs (C(OH)–C–C–N with tert-alkyl or cyclic N) is 1. The fourth-order valence-electron chi connectivity index (χ4n) is 4.36. The van der Waals surface area contributed by atoms with Crippen LogP contribution in [0.2, 0.25) is 10.0 Å². The predicted octanol–water partition coefficient (Wildman–Crippen LogP) is 6.00. The van der Waals surface area contributed by atoms with Crippen LogP contribution in [0.4, 0.5) is 15.9 Å². The molecule has 1 saturated heterocycles. The molecule has 0 saturated carbocycles. The Balaban J connectivity index is 1.47. The van der Waals surface area contributed by atoms with Crippen molar-refractivity contribution in [3.05, 3.63) is 87.8 Å². The van der Waals surface area contributed by atoms with Gasteiger partial charge in [0.15, 0.2) is 17.9 Å². The van der Waals surface area contributed by atoms with Crippen molar-refractivity contribution in [1.82, 2.24) is 14.9 Å². The van der Waals surface area contributed by atoms with Crippen molar-refractivity contribution in [2.75, 3.05) is 25.5 Å². The number of hydrogen-bond acceptors (Lipinski definition) is 7. The van der Waals surface area contributed by atoms with Crippen LogP contribution in [-0.2, 0) is 6.54 Å². The number of nitrogens with zero attached hydrogens (tertiary/aromatic N) is 3. The molecule has 0 unspecified atom stereocenters. The molecule has 0 spiro atoms. The number of aldehydes is 1. The van der Waals surface area contributed by atoms with Crippen LogP contribution in [-0.4, -0.2) is 52.6 Å². The molecule has 1 aliphatic heterocycles. The number of pyridine rings is 2. The summed E-state index contributed by atoms with van der Waals surface area (Å²) in [6.45, 7) is 1.41. The van der Waals surface area contributed by atoms with Crippen molar-refractivity contribution < 1.29 is 19.0 Å². The van der Waals surface area contributed by atoms with E-state index in [-0.39, 0.29) is 17.8 Å². The average Bonchev–Trinajstić information content (AvgIpc) is 2.91. The van der Waals surface area contributed by atoms with Crippen molar-refractivity contribution in [2.45, 2.75) is 12.6 Å². The molecule has 10 heteroatoms. The number of ether oxygens (including phenoxy) is 1. The monoisotopic (exact) mass is 552 g/mol. The highest BCUT2D eigenvalue weighted by Gasteiger charge is 2.25. The smallest absolute Gasteiger partial charge is 0.224 e. The van der Waals surface area contributed by atoms with Crippen molar-refractivity contribution >= 4 is 41.0 Å². The van der Waals surface area contributed by atoms with Gasteiger partial charge in [-0.2, -0.15) is 0 Å². The summed E-state index contributed by atoms with van der Waals surface area (Å²) >= 11 is 13.6. The van der Waals surface area contributed by atoms with E-state index in [9.17, 15) is 9.90 Å². The summed E-state index contributed by atoms with van der Waals surface area (Å²) in [5, 5.41) is 13.3. The van der Waals surface area contributed by atoms with E-state index in [1.165, 1.54) is 13.3 Å². The quantitative estimate of drug-likeness (QED) is 0.259. The molecule has 0 amide bonds. The number of carbonyl (C=O) groups excluding carboxylic acids is 1. The van der Waals surface area contributed by atoms with E-state index in [4.69, 9.17) is 27.9 Å². The topological polar surface area (TPSA) is 87.6 Å². The minimum Gasteiger partial charge on any atom is -0.480 e. The summed E-state index contributed by atoms with van der Waals surface area (Å²) in [7, 11) is 1.44. The van der Waals surface area contributed by atoms with Gasteiger partial charge in [-0.3, -0.25) is 9.69 Å². The lowest BCUT2D eigenvalue weighted by atomic mass is 10.00. The Kier molecular flexibility index (Phi) is 7.58. The Labute approximate surface area is 228 Å². The molecule has 5 rings (SSSR count). The summed E-state index contributed by atoms with van der Waals surface area (Å²) in [4.78, 5) is 21.8. The molecule has 194 valence electrons. The molecule has 3 heterocycles. The van der Waals surface area contributed by atoms with Gasteiger partial charge in [0.2, 0.25) is 5.88 Å². The molecular weight excluding hydrogens is 530 g/mol. The number of benzene rings is 2. The second-order valence-corrected chi connectivity index (χ2v) is 9.61. The Morgan fingerprint density at radius 2 is 1.79 bits per heavy atom. The summed E-state index contributed by atoms with van der Waals surface area (Å²) in [6.07, 6.45) is 1.85. The molecule has 0 aliphatic carbocycles. The standard InChI is InChI=1S/C28H23Cl2FN4O3/c1-38-28-17(15-36)8-9-22(34-28)21-6-2-4-19(24(21)29)20-5-3-7-23(25(20)30)33-27-26(31)16(10-11-32-27)12-35-13-18(37)14-35/h2-11,15,18,37H,12-14H2,1H3,(H,32,33). The molecule has 4 aromatic rings. The lowest BCUT2D eigenvalue weighted by Gasteiger charge is -2.35. The van der Waals surface area contributed by atoms with Crippen LogP contribution in [0.15, 0.2) is 60.8 Å². The minimum atomic E-state index is -0.478. The van der Waals surface area contributed by atoms with Crippen LogP contribution in [0.5, 0.6) is 5.88 Å². The van der Waals surface area contributed by atoms with Gasteiger partial charge in [-0.15, -0.1) is 0 Å². The van der Waals surface area contributed by atoms with E-state index in [0.29, 0.717) is 75.2 Å². The molecule has 1 aliphatic rings. The van der Waals surface area contributed by atoms with Gasteiger partial charge in [-0.1, -0.05) is 53.5 Å². The Bertz CT molecular complexity index is 1510. The number of nitrogens with one attached hydrogen (secondary N) is 1. The highest BCUT2D eigenvalue weighted by atomic mass is 35.5. The zero-order chi connectivity index (χ0) is 26.8. The second-order valence-electron chi connectivity index (χ2n) is 8.85. The number of aliphatic hydroxyl groups excluding tert-OH is 1. The van der Waals surface area contributed by atoms with E-state index >= 15 is 4.39 Å². The first-order chi connectivity index (χ1) is 18.4. The lowest BCUT2D eigenvalue weighted by molar-refractivity contribution is -0.00341. The van der Waals surface area contributed by atoms with E-state index in [2.05, 4.69) is 15.3 Å². The van der Waals surface area contributed by atoms with Gasteiger partial charge in [0.05, 0.1) is 40.2 Å². The fraction of sp³-hybridized carbons (Fsp3) is 0.179. The summed E-state index contributed by atoms with van der Waals surface area (Å²) < 4.78 is 20.5. The lowest BCUT2D eigenvalue weighted by Crippen LogP contribution is -2.49. The largest absolute Gasteiger partial charge is 0.480 e.